The highest BCUT2D eigenvalue weighted by Crippen LogP contribution is 2.21. The number of halogens is 3. The van der Waals surface area contributed by atoms with E-state index in [9.17, 15) is 18.0 Å². The molecule has 8 heteroatoms. The molecule has 0 spiro atoms. The van der Waals surface area contributed by atoms with Crippen LogP contribution in [-0.2, 0) is 11.2 Å². The Hall–Kier alpha value is -1.64. The minimum Gasteiger partial charge on any atom is -0.338 e. The second kappa shape index (κ2) is 8.58. The fourth-order valence-corrected chi connectivity index (χ4v) is 3.84. The number of nitrogens with two attached hydrogens (primary N) is 1. The first-order valence-corrected chi connectivity index (χ1v) is 9.44. The van der Waals surface area contributed by atoms with E-state index in [0.717, 1.165) is 38.5 Å². The number of carbonyl (C=O) groups is 1. The van der Waals surface area contributed by atoms with Crippen LogP contribution >= 0.6 is 0 Å². The van der Waals surface area contributed by atoms with Crippen molar-refractivity contribution >= 4 is 5.91 Å². The quantitative estimate of drug-likeness (QED) is 0.695. The molecular formula is C19H27F3N4O. The summed E-state index contributed by atoms with van der Waals surface area (Å²) in [4.78, 5) is 16.8. The van der Waals surface area contributed by atoms with Crippen LogP contribution in [0.2, 0.25) is 0 Å². The third-order valence-electron chi connectivity index (χ3n) is 5.59. The van der Waals surface area contributed by atoms with E-state index in [-0.39, 0.29) is 30.4 Å². The van der Waals surface area contributed by atoms with Gasteiger partial charge in [0.25, 0.3) is 0 Å². The highest BCUT2D eigenvalue weighted by molar-refractivity contribution is 5.77. The molecule has 1 unspecified atom stereocenters. The molecule has 1 amide bonds. The zero-order chi connectivity index (χ0) is 19.6. The molecule has 0 saturated carbocycles. The Morgan fingerprint density at radius 1 is 1.30 bits per heavy atom. The van der Waals surface area contributed by atoms with Gasteiger partial charge in [-0.1, -0.05) is 0 Å². The lowest BCUT2D eigenvalue weighted by atomic mass is 10.0. The molecule has 2 saturated heterocycles. The summed E-state index contributed by atoms with van der Waals surface area (Å²) in [5.74, 6) is -3.25. The molecule has 0 aromatic heterocycles. The lowest BCUT2D eigenvalue weighted by Crippen LogP contribution is -2.58. The fourth-order valence-electron chi connectivity index (χ4n) is 3.84. The topological polar surface area (TPSA) is 61.6 Å². The van der Waals surface area contributed by atoms with E-state index < -0.39 is 23.5 Å². The van der Waals surface area contributed by atoms with Crippen LogP contribution in [-0.4, -0.2) is 67.1 Å². The van der Waals surface area contributed by atoms with Crippen molar-refractivity contribution in [1.82, 2.24) is 15.1 Å². The van der Waals surface area contributed by atoms with E-state index in [2.05, 4.69) is 17.3 Å². The molecule has 2 atom stereocenters. The second-order valence-electron chi connectivity index (χ2n) is 7.66. The van der Waals surface area contributed by atoms with Gasteiger partial charge in [-0.3, -0.25) is 9.69 Å². The van der Waals surface area contributed by atoms with Crippen molar-refractivity contribution in [3.8, 4) is 0 Å². The molecule has 27 heavy (non-hydrogen) atoms. The van der Waals surface area contributed by atoms with Crippen molar-refractivity contribution in [2.75, 3.05) is 33.2 Å². The first kappa shape index (κ1) is 20.1. The third-order valence-corrected chi connectivity index (χ3v) is 5.59. The average Bonchev–Trinajstić information content (AvgIpc) is 2.99. The van der Waals surface area contributed by atoms with Crippen LogP contribution < -0.4 is 11.1 Å². The van der Waals surface area contributed by atoms with Crippen LogP contribution in [0.15, 0.2) is 12.1 Å². The molecule has 0 bridgehead atoms. The monoisotopic (exact) mass is 384 g/mol. The van der Waals surface area contributed by atoms with E-state index in [1.54, 1.807) is 0 Å². The van der Waals surface area contributed by atoms with Gasteiger partial charge in [-0.25, -0.2) is 13.2 Å². The van der Waals surface area contributed by atoms with Gasteiger partial charge in [0.05, 0.1) is 0 Å². The fraction of sp³-hybridized carbons (Fsp3) is 0.632. The number of nitrogens with zero attached hydrogens (tertiary/aromatic N) is 2. The van der Waals surface area contributed by atoms with Crippen LogP contribution in [0.3, 0.4) is 0 Å². The van der Waals surface area contributed by atoms with Crippen molar-refractivity contribution in [3.05, 3.63) is 35.1 Å². The molecule has 2 heterocycles. The number of likely N-dealkylation sites (tertiary alicyclic amines) is 1. The maximum Gasteiger partial charge on any atom is 0.224 e. The molecule has 2 fully saturated rings. The molecule has 2 aliphatic heterocycles. The Morgan fingerprint density at radius 2 is 2.00 bits per heavy atom. The van der Waals surface area contributed by atoms with Crippen molar-refractivity contribution in [2.24, 2.45) is 5.73 Å². The lowest BCUT2D eigenvalue weighted by Gasteiger charge is -2.38. The number of carbonyl (C=O) groups excluding carboxylic acids is 1. The van der Waals surface area contributed by atoms with Gasteiger partial charge in [0.2, 0.25) is 5.91 Å². The maximum absolute atomic E-state index is 13.8. The predicted molar refractivity (Wildman–Crippen MR) is 96.6 cm³/mol. The van der Waals surface area contributed by atoms with E-state index in [1.165, 1.54) is 0 Å². The molecule has 0 aliphatic carbocycles. The van der Waals surface area contributed by atoms with Gasteiger partial charge in [-0.05, 0) is 37.9 Å². The van der Waals surface area contributed by atoms with Crippen molar-refractivity contribution < 1.29 is 18.0 Å². The zero-order valence-corrected chi connectivity index (χ0v) is 15.6. The highest BCUT2D eigenvalue weighted by atomic mass is 19.2. The molecule has 1 aromatic carbocycles. The number of hydrogen-bond donors (Lipinski definition) is 2. The number of nitrogens with one attached hydrogen (secondary N) is 1. The molecule has 1 aromatic rings. The molecular weight excluding hydrogens is 357 g/mol. The molecule has 2 aliphatic rings. The minimum absolute atomic E-state index is 0.00983. The standard InChI is InChI=1S/C19H27F3N4O/c1-25(15-9-24-10-15)11-14-3-2-4-26(14)19(27)7-13(23)5-12-6-17(21)18(22)8-16(12)20/h6,8,13-15,24H,2-5,7,9-11,23H2,1H3/t13-,14?/m1/s1. The Labute approximate surface area is 157 Å². The summed E-state index contributed by atoms with van der Waals surface area (Å²) in [5, 5.41) is 3.24. The summed E-state index contributed by atoms with van der Waals surface area (Å²) in [5.41, 5.74) is 6.00. The van der Waals surface area contributed by atoms with E-state index in [0.29, 0.717) is 18.7 Å². The Morgan fingerprint density at radius 3 is 2.67 bits per heavy atom. The first-order valence-electron chi connectivity index (χ1n) is 9.44. The van der Waals surface area contributed by atoms with E-state index in [4.69, 9.17) is 5.73 Å². The van der Waals surface area contributed by atoms with Gasteiger partial charge in [0.1, 0.15) is 5.82 Å². The number of benzene rings is 1. The summed E-state index contributed by atoms with van der Waals surface area (Å²) >= 11 is 0. The molecule has 5 nitrogen and oxygen atoms in total. The average molecular weight is 384 g/mol. The number of likely N-dealkylation sites (N-methyl/N-ethyl adjacent to an activating group) is 1. The lowest BCUT2D eigenvalue weighted by molar-refractivity contribution is -0.132. The SMILES string of the molecule is CN(CC1CCCN1C(=O)C[C@H](N)Cc1cc(F)c(F)cc1F)C1CNC1. The normalized spacial score (nSPS) is 21.6. The third kappa shape index (κ3) is 4.80. The number of hydrogen-bond acceptors (Lipinski definition) is 4. The van der Waals surface area contributed by atoms with Gasteiger partial charge in [0.15, 0.2) is 11.6 Å². The smallest absolute Gasteiger partial charge is 0.224 e. The summed E-state index contributed by atoms with van der Waals surface area (Å²) in [6.45, 7) is 3.47. The van der Waals surface area contributed by atoms with Gasteiger partial charge in [-0.2, -0.15) is 0 Å². The van der Waals surface area contributed by atoms with E-state index in [1.807, 2.05) is 4.90 Å². The summed E-state index contributed by atoms with van der Waals surface area (Å²) in [6.07, 6.45) is 1.97. The summed E-state index contributed by atoms with van der Waals surface area (Å²) in [7, 11) is 2.07. The van der Waals surface area contributed by atoms with Gasteiger partial charge in [0, 0.05) is 56.8 Å². The second-order valence-corrected chi connectivity index (χ2v) is 7.66. The van der Waals surface area contributed by atoms with E-state index >= 15 is 0 Å². The van der Waals surface area contributed by atoms with Crippen LogP contribution in [0.1, 0.15) is 24.8 Å². The summed E-state index contributed by atoms with van der Waals surface area (Å²) in [6, 6.07) is 1.36. The Bertz CT molecular complexity index is 683. The van der Waals surface area contributed by atoms with Gasteiger partial charge >= 0.3 is 0 Å². The number of rotatable bonds is 7. The zero-order valence-electron chi connectivity index (χ0n) is 15.6. The predicted octanol–water partition coefficient (Wildman–Crippen LogP) is 1.26. The van der Waals surface area contributed by atoms with Gasteiger partial charge in [-0.15, -0.1) is 0 Å². The van der Waals surface area contributed by atoms with Crippen molar-refractivity contribution in [2.45, 2.75) is 43.8 Å². The van der Waals surface area contributed by atoms with Crippen LogP contribution in [0.4, 0.5) is 13.2 Å². The van der Waals surface area contributed by atoms with Gasteiger partial charge < -0.3 is 16.0 Å². The summed E-state index contributed by atoms with van der Waals surface area (Å²) < 4.78 is 40.1. The first-order chi connectivity index (χ1) is 12.8. The van der Waals surface area contributed by atoms with Crippen LogP contribution in [0, 0.1) is 17.5 Å². The molecule has 3 N–H and O–H groups in total. The molecule has 0 radical (unpaired) electrons. The largest absolute Gasteiger partial charge is 0.338 e. The highest BCUT2D eigenvalue weighted by Gasteiger charge is 2.32. The molecule has 3 rings (SSSR count). The van der Waals surface area contributed by atoms with Crippen molar-refractivity contribution in [1.29, 1.82) is 0 Å². The maximum atomic E-state index is 13.8. The number of amides is 1. The van der Waals surface area contributed by atoms with Crippen LogP contribution in [0.25, 0.3) is 0 Å². The molecule has 150 valence electrons. The van der Waals surface area contributed by atoms with Crippen molar-refractivity contribution in [3.63, 3.8) is 0 Å². The van der Waals surface area contributed by atoms with Crippen LogP contribution in [0.5, 0.6) is 0 Å². The Balaban J connectivity index is 1.54. The Kier molecular flexibility index (Phi) is 6.39. The minimum atomic E-state index is -1.23.